The number of hydrogen-bond donors (Lipinski definition) is 1. The highest BCUT2D eigenvalue weighted by Crippen LogP contribution is 2.22. The molecular formula is C17H36O. The lowest BCUT2D eigenvalue weighted by Gasteiger charge is -2.19. The molecule has 0 aromatic heterocycles. The second-order valence-electron chi connectivity index (χ2n) is 6.09. The maximum atomic E-state index is 9.45. The topological polar surface area (TPSA) is 20.2 Å². The number of unbranched alkanes of at least 4 members (excludes halogenated alkanes) is 6. The molecule has 0 fully saturated rings. The van der Waals surface area contributed by atoms with Gasteiger partial charge in [-0.15, -0.1) is 0 Å². The van der Waals surface area contributed by atoms with Crippen LogP contribution in [0.5, 0.6) is 0 Å². The molecule has 0 aliphatic heterocycles. The van der Waals surface area contributed by atoms with Crippen LogP contribution in [-0.2, 0) is 0 Å². The summed E-state index contributed by atoms with van der Waals surface area (Å²) in [4.78, 5) is 0. The van der Waals surface area contributed by atoms with E-state index >= 15 is 0 Å². The van der Waals surface area contributed by atoms with E-state index in [2.05, 4.69) is 20.8 Å². The van der Waals surface area contributed by atoms with Gasteiger partial charge in [0.1, 0.15) is 0 Å². The van der Waals surface area contributed by atoms with E-state index in [0.29, 0.717) is 12.5 Å². The van der Waals surface area contributed by atoms with Crippen LogP contribution in [0.4, 0.5) is 0 Å². The molecule has 2 atom stereocenters. The lowest BCUT2D eigenvalue weighted by Crippen LogP contribution is -2.11. The first-order valence-corrected chi connectivity index (χ1v) is 8.35. The number of rotatable bonds is 13. The van der Waals surface area contributed by atoms with Gasteiger partial charge in [0.15, 0.2) is 0 Å². The Morgan fingerprint density at radius 2 is 1.33 bits per heavy atom. The minimum absolute atomic E-state index is 0.395. The standard InChI is InChI=1S/C17H36O/c1-4-6-8-9-11-13-17(15-18)14-16(3)12-10-7-5-2/h16-18H,4-15H2,1-3H3. The number of aliphatic hydroxyl groups excluding tert-OH is 1. The van der Waals surface area contributed by atoms with Gasteiger partial charge in [-0.3, -0.25) is 0 Å². The van der Waals surface area contributed by atoms with Crippen LogP contribution in [-0.4, -0.2) is 11.7 Å². The van der Waals surface area contributed by atoms with Gasteiger partial charge in [0.25, 0.3) is 0 Å². The smallest absolute Gasteiger partial charge is 0.0459 e. The number of hydrogen-bond acceptors (Lipinski definition) is 1. The zero-order chi connectivity index (χ0) is 13.6. The zero-order valence-corrected chi connectivity index (χ0v) is 13.1. The van der Waals surface area contributed by atoms with Gasteiger partial charge >= 0.3 is 0 Å². The first kappa shape index (κ1) is 18.0. The Morgan fingerprint density at radius 3 is 1.94 bits per heavy atom. The van der Waals surface area contributed by atoms with E-state index in [1.54, 1.807) is 0 Å². The second kappa shape index (κ2) is 13.4. The maximum Gasteiger partial charge on any atom is 0.0459 e. The molecule has 0 spiro atoms. The molecule has 1 heteroatoms. The van der Waals surface area contributed by atoms with Gasteiger partial charge < -0.3 is 5.11 Å². The van der Waals surface area contributed by atoms with Crippen molar-refractivity contribution in [1.29, 1.82) is 0 Å². The van der Waals surface area contributed by atoms with Crippen LogP contribution in [0.2, 0.25) is 0 Å². The van der Waals surface area contributed by atoms with Crippen molar-refractivity contribution in [3.63, 3.8) is 0 Å². The van der Waals surface area contributed by atoms with E-state index < -0.39 is 0 Å². The Balaban J connectivity index is 3.55. The summed E-state index contributed by atoms with van der Waals surface area (Å²) in [5.74, 6) is 1.35. The fourth-order valence-corrected chi connectivity index (χ4v) is 2.75. The summed E-state index contributed by atoms with van der Waals surface area (Å²) >= 11 is 0. The molecule has 0 bridgehead atoms. The molecule has 2 unspecified atom stereocenters. The van der Waals surface area contributed by atoms with Gasteiger partial charge in [0, 0.05) is 6.61 Å². The molecule has 110 valence electrons. The first-order valence-electron chi connectivity index (χ1n) is 8.35. The summed E-state index contributed by atoms with van der Waals surface area (Å²) in [7, 11) is 0. The van der Waals surface area contributed by atoms with E-state index in [9.17, 15) is 5.11 Å². The van der Waals surface area contributed by atoms with Crippen LogP contribution < -0.4 is 0 Å². The molecule has 0 amide bonds. The van der Waals surface area contributed by atoms with E-state index in [1.807, 2.05) is 0 Å². The Kier molecular flexibility index (Phi) is 13.4. The van der Waals surface area contributed by atoms with E-state index in [-0.39, 0.29) is 0 Å². The molecule has 0 aliphatic carbocycles. The fraction of sp³-hybridized carbons (Fsp3) is 1.00. The largest absolute Gasteiger partial charge is 0.396 e. The second-order valence-corrected chi connectivity index (χ2v) is 6.09. The van der Waals surface area contributed by atoms with Crippen molar-refractivity contribution in [2.75, 3.05) is 6.61 Å². The highest BCUT2D eigenvalue weighted by molar-refractivity contribution is 4.64. The minimum atomic E-state index is 0.395. The van der Waals surface area contributed by atoms with Crippen molar-refractivity contribution in [3.8, 4) is 0 Å². The summed E-state index contributed by atoms with van der Waals surface area (Å²) in [5, 5.41) is 9.45. The average Bonchev–Trinajstić information content (AvgIpc) is 2.37. The summed E-state index contributed by atoms with van der Waals surface area (Å²) < 4.78 is 0. The van der Waals surface area contributed by atoms with Crippen molar-refractivity contribution >= 4 is 0 Å². The van der Waals surface area contributed by atoms with Gasteiger partial charge in [-0.05, 0) is 24.7 Å². The average molecular weight is 256 g/mol. The molecule has 0 aromatic carbocycles. The first-order chi connectivity index (χ1) is 8.74. The molecule has 18 heavy (non-hydrogen) atoms. The molecular weight excluding hydrogens is 220 g/mol. The maximum absolute atomic E-state index is 9.45. The molecule has 0 saturated heterocycles. The summed E-state index contributed by atoms with van der Waals surface area (Å²) in [5.41, 5.74) is 0. The van der Waals surface area contributed by atoms with Crippen molar-refractivity contribution in [3.05, 3.63) is 0 Å². The van der Waals surface area contributed by atoms with Gasteiger partial charge in [0.2, 0.25) is 0 Å². The van der Waals surface area contributed by atoms with Crippen LogP contribution in [0.1, 0.15) is 91.4 Å². The van der Waals surface area contributed by atoms with Crippen LogP contribution in [0.25, 0.3) is 0 Å². The Morgan fingerprint density at radius 1 is 0.778 bits per heavy atom. The van der Waals surface area contributed by atoms with E-state index in [4.69, 9.17) is 0 Å². The normalized spacial score (nSPS) is 14.7. The molecule has 0 saturated carbocycles. The lowest BCUT2D eigenvalue weighted by atomic mass is 9.89. The summed E-state index contributed by atoms with van der Waals surface area (Å²) in [6.07, 6.45) is 14.6. The fourth-order valence-electron chi connectivity index (χ4n) is 2.75. The van der Waals surface area contributed by atoms with Crippen molar-refractivity contribution in [2.45, 2.75) is 91.4 Å². The highest BCUT2D eigenvalue weighted by Gasteiger charge is 2.12. The van der Waals surface area contributed by atoms with Gasteiger partial charge in [-0.1, -0.05) is 78.6 Å². The summed E-state index contributed by atoms with van der Waals surface area (Å²) in [6, 6.07) is 0. The Hall–Kier alpha value is -0.0400. The Labute approximate surface area is 115 Å². The third kappa shape index (κ3) is 11.1. The quantitative estimate of drug-likeness (QED) is 0.428. The highest BCUT2D eigenvalue weighted by atomic mass is 16.3. The van der Waals surface area contributed by atoms with E-state index in [0.717, 1.165) is 5.92 Å². The predicted molar refractivity (Wildman–Crippen MR) is 81.9 cm³/mol. The van der Waals surface area contributed by atoms with Gasteiger partial charge in [-0.2, -0.15) is 0 Å². The van der Waals surface area contributed by atoms with E-state index in [1.165, 1.54) is 70.6 Å². The number of aliphatic hydroxyl groups is 1. The third-order valence-electron chi connectivity index (χ3n) is 4.01. The minimum Gasteiger partial charge on any atom is -0.396 e. The van der Waals surface area contributed by atoms with Crippen LogP contribution in [0.15, 0.2) is 0 Å². The zero-order valence-electron chi connectivity index (χ0n) is 13.1. The van der Waals surface area contributed by atoms with Crippen LogP contribution in [0, 0.1) is 11.8 Å². The molecule has 0 aliphatic rings. The van der Waals surface area contributed by atoms with Crippen LogP contribution >= 0.6 is 0 Å². The van der Waals surface area contributed by atoms with Crippen molar-refractivity contribution < 1.29 is 5.11 Å². The lowest BCUT2D eigenvalue weighted by molar-refractivity contribution is 0.189. The Bertz CT molecular complexity index is 156. The van der Waals surface area contributed by atoms with Gasteiger partial charge in [-0.25, -0.2) is 0 Å². The molecule has 1 nitrogen and oxygen atoms in total. The molecule has 0 aromatic rings. The van der Waals surface area contributed by atoms with Crippen molar-refractivity contribution in [2.24, 2.45) is 11.8 Å². The predicted octanol–water partition coefficient (Wildman–Crippen LogP) is 5.56. The van der Waals surface area contributed by atoms with Crippen LogP contribution in [0.3, 0.4) is 0 Å². The molecule has 0 rings (SSSR count). The molecule has 0 radical (unpaired) electrons. The van der Waals surface area contributed by atoms with Crippen molar-refractivity contribution in [1.82, 2.24) is 0 Å². The monoisotopic (exact) mass is 256 g/mol. The SMILES string of the molecule is CCCCCCCC(CO)CC(C)CCCCC. The molecule has 0 heterocycles. The summed E-state index contributed by atoms with van der Waals surface area (Å²) in [6.45, 7) is 7.27. The van der Waals surface area contributed by atoms with Gasteiger partial charge in [0.05, 0.1) is 0 Å². The molecule has 1 N–H and O–H groups in total. The third-order valence-corrected chi connectivity index (χ3v) is 4.01.